The van der Waals surface area contributed by atoms with Gasteiger partial charge in [0.25, 0.3) is 0 Å². The number of fused-ring (bicyclic) bond motifs is 5. The van der Waals surface area contributed by atoms with E-state index in [1.807, 2.05) is 6.08 Å². The second-order valence-corrected chi connectivity index (χ2v) is 18.4. The fraction of sp³-hybridized carbons (Fsp3) is 0.0588. The van der Waals surface area contributed by atoms with Crippen molar-refractivity contribution in [3.05, 3.63) is 270 Å². The van der Waals surface area contributed by atoms with Crippen LogP contribution in [0.5, 0.6) is 0 Å². The monoisotopic (exact) mass is 894 g/mol. The van der Waals surface area contributed by atoms with E-state index >= 15 is 0 Å². The van der Waals surface area contributed by atoms with Gasteiger partial charge in [0.15, 0.2) is 0 Å². The van der Waals surface area contributed by atoms with Gasteiger partial charge in [-0.1, -0.05) is 219 Å². The van der Waals surface area contributed by atoms with Crippen molar-refractivity contribution in [1.82, 2.24) is 9.97 Å². The molecule has 12 rings (SSSR count). The third-order valence-corrected chi connectivity index (χ3v) is 14.5. The van der Waals surface area contributed by atoms with Crippen LogP contribution in [0, 0.1) is 0 Å². The summed E-state index contributed by atoms with van der Waals surface area (Å²) in [5.74, 6) is 0. The highest BCUT2D eigenvalue weighted by atomic mass is 14.8. The average molecular weight is 895 g/mol. The molecule has 0 spiro atoms. The fourth-order valence-corrected chi connectivity index (χ4v) is 10.8. The molecule has 3 aliphatic rings. The van der Waals surface area contributed by atoms with E-state index in [9.17, 15) is 0 Å². The molecule has 0 saturated heterocycles. The summed E-state index contributed by atoms with van der Waals surface area (Å²) in [5, 5.41) is 2.60. The lowest BCUT2D eigenvalue weighted by molar-refractivity contribution is 1.22. The summed E-state index contributed by atoms with van der Waals surface area (Å²) < 4.78 is 0. The van der Waals surface area contributed by atoms with Crippen molar-refractivity contribution >= 4 is 38.5 Å². The zero-order chi connectivity index (χ0) is 47.3. The Hall–Kier alpha value is -8.72. The summed E-state index contributed by atoms with van der Waals surface area (Å²) in [4.78, 5) is 11.2. The third kappa shape index (κ3) is 7.28. The van der Waals surface area contributed by atoms with Gasteiger partial charge in [-0.15, -0.1) is 0 Å². The molecule has 0 aliphatic heterocycles. The molecule has 0 radical (unpaired) electrons. The van der Waals surface area contributed by atoms with Crippen molar-refractivity contribution in [1.29, 1.82) is 0 Å². The van der Waals surface area contributed by atoms with E-state index < -0.39 is 0 Å². The quantitative estimate of drug-likeness (QED) is 0.135. The highest BCUT2D eigenvalue weighted by Gasteiger charge is 2.24. The molecule has 8 aromatic carbocycles. The SMILES string of the molecule is C=CC1=C(C)\C(=C/C=C(C2=CC=C(c3nc4cc(-c5ccccc5)c(-c5ccccc5)cc4nc3-c3ccc(-c4ccc5c6c(cccc46)-c4ccccc4-5)cc3)CC=C2)\C(C)=C\C)c2ccccc21. The zero-order valence-corrected chi connectivity index (χ0v) is 39.7. The lowest BCUT2D eigenvalue weighted by atomic mass is 9.92. The first-order valence-corrected chi connectivity index (χ1v) is 24.3. The van der Waals surface area contributed by atoms with Crippen molar-refractivity contribution in [2.45, 2.75) is 27.2 Å². The van der Waals surface area contributed by atoms with Gasteiger partial charge in [0.05, 0.1) is 22.4 Å². The van der Waals surface area contributed by atoms with Gasteiger partial charge in [0, 0.05) is 5.56 Å². The Kier molecular flexibility index (Phi) is 10.8. The Balaban J connectivity index is 1.00. The van der Waals surface area contributed by atoms with Crippen molar-refractivity contribution < 1.29 is 0 Å². The number of hydrogen-bond donors (Lipinski definition) is 0. The van der Waals surface area contributed by atoms with E-state index in [-0.39, 0.29) is 0 Å². The minimum Gasteiger partial charge on any atom is -0.244 e. The molecule has 1 aromatic heterocycles. The predicted octanol–water partition coefficient (Wildman–Crippen LogP) is 18.3. The molecular weight excluding hydrogens is 845 g/mol. The van der Waals surface area contributed by atoms with Crippen molar-refractivity contribution in [3.8, 4) is 66.9 Å². The molecule has 0 bridgehead atoms. The largest absolute Gasteiger partial charge is 0.244 e. The summed E-state index contributed by atoms with van der Waals surface area (Å²) in [6, 6.07) is 63.4. The lowest BCUT2D eigenvalue weighted by Gasteiger charge is -2.16. The van der Waals surface area contributed by atoms with Crippen LogP contribution in [-0.4, -0.2) is 9.97 Å². The van der Waals surface area contributed by atoms with E-state index in [0.29, 0.717) is 6.42 Å². The maximum Gasteiger partial charge on any atom is 0.0969 e. The number of benzene rings is 8. The predicted molar refractivity (Wildman–Crippen MR) is 298 cm³/mol. The second-order valence-electron chi connectivity index (χ2n) is 18.4. The summed E-state index contributed by atoms with van der Waals surface area (Å²) in [5.41, 5.74) is 27.4. The summed E-state index contributed by atoms with van der Waals surface area (Å²) in [6.45, 7) is 10.7. The molecule has 332 valence electrons. The molecule has 0 N–H and O–H groups in total. The Morgan fingerprint density at radius 3 is 1.74 bits per heavy atom. The Bertz CT molecular complexity index is 3820. The zero-order valence-electron chi connectivity index (χ0n) is 39.7. The molecule has 2 heteroatoms. The number of allylic oxidation sites excluding steroid dienone is 15. The van der Waals surface area contributed by atoms with Gasteiger partial charge in [-0.25, -0.2) is 9.97 Å². The van der Waals surface area contributed by atoms with Crippen molar-refractivity contribution in [3.63, 3.8) is 0 Å². The van der Waals surface area contributed by atoms with Crippen molar-refractivity contribution in [2.75, 3.05) is 0 Å². The molecule has 0 atom stereocenters. The standard InChI is InChI=1S/C68H50N2/c1-5-43(3)52(37-38-53-44(4)51(6-2)55-25-13-14-26-56(53)55)47-23-17-24-49(34-31-47)67-68(70-65-42-63(46-21-11-8-12-22-46)62(41-64(65)69-67)45-19-9-7-10-20-45)50-35-32-48(33-36-50)54-39-40-61-58-28-16-15-27-57(58)60-30-18-29-59(54)66(60)61/h5-23,25-42H,2,24H2,1,3-4H3/b43-5+,52-37+,53-38+. The molecule has 0 fully saturated rings. The van der Waals surface area contributed by atoms with E-state index in [1.54, 1.807) is 0 Å². The van der Waals surface area contributed by atoms with Gasteiger partial charge in [-0.2, -0.15) is 0 Å². The number of rotatable bonds is 9. The first-order valence-electron chi connectivity index (χ1n) is 24.3. The molecule has 1 heterocycles. The van der Waals surface area contributed by atoms with E-state index in [1.165, 1.54) is 83.1 Å². The third-order valence-electron chi connectivity index (χ3n) is 14.5. The first kappa shape index (κ1) is 42.6. The molecule has 70 heavy (non-hydrogen) atoms. The van der Waals surface area contributed by atoms with Gasteiger partial charge in [0.2, 0.25) is 0 Å². The molecule has 0 amide bonds. The van der Waals surface area contributed by atoms with Crippen LogP contribution in [-0.2, 0) is 0 Å². The van der Waals surface area contributed by atoms with Crippen LogP contribution in [0.4, 0.5) is 0 Å². The van der Waals surface area contributed by atoms with Gasteiger partial charge >= 0.3 is 0 Å². The maximum absolute atomic E-state index is 5.62. The van der Waals surface area contributed by atoms with Crippen LogP contribution >= 0.6 is 0 Å². The minimum absolute atomic E-state index is 0.698. The topological polar surface area (TPSA) is 25.8 Å². The maximum atomic E-state index is 5.62. The van der Waals surface area contributed by atoms with Crippen molar-refractivity contribution in [2.24, 2.45) is 0 Å². The summed E-state index contributed by atoms with van der Waals surface area (Å²) in [6.07, 6.45) is 18.5. The molecule has 2 nitrogen and oxygen atoms in total. The minimum atomic E-state index is 0.698. The van der Waals surface area contributed by atoms with Crippen LogP contribution < -0.4 is 0 Å². The fourth-order valence-electron chi connectivity index (χ4n) is 10.8. The van der Waals surface area contributed by atoms with Gasteiger partial charge in [0.1, 0.15) is 0 Å². The van der Waals surface area contributed by atoms with E-state index in [2.05, 4.69) is 246 Å². The highest BCUT2D eigenvalue weighted by molar-refractivity contribution is 6.18. The van der Waals surface area contributed by atoms with E-state index in [0.717, 1.165) is 61.4 Å². The summed E-state index contributed by atoms with van der Waals surface area (Å²) in [7, 11) is 0. The van der Waals surface area contributed by atoms with Crippen LogP contribution in [0.2, 0.25) is 0 Å². The lowest BCUT2D eigenvalue weighted by Crippen LogP contribution is -2.00. The number of aromatic nitrogens is 2. The molecule has 0 saturated carbocycles. The Labute approximate surface area is 410 Å². The smallest absolute Gasteiger partial charge is 0.0969 e. The Morgan fingerprint density at radius 1 is 0.529 bits per heavy atom. The average Bonchev–Trinajstić information content (AvgIpc) is 3.75. The van der Waals surface area contributed by atoms with E-state index in [4.69, 9.17) is 9.97 Å². The molecular formula is C68H50N2. The highest BCUT2D eigenvalue weighted by Crippen LogP contribution is 2.49. The van der Waals surface area contributed by atoms with Gasteiger partial charge in [-0.05, 0) is 156 Å². The Morgan fingerprint density at radius 2 is 1.09 bits per heavy atom. The van der Waals surface area contributed by atoms with Crippen LogP contribution in [0.25, 0.3) is 105 Å². The molecule has 0 unspecified atom stereocenters. The van der Waals surface area contributed by atoms with Crippen LogP contribution in [0.1, 0.15) is 44.0 Å². The number of hydrogen-bond acceptors (Lipinski definition) is 2. The first-order chi connectivity index (χ1) is 34.5. The normalized spacial score (nSPS) is 14.8. The van der Waals surface area contributed by atoms with Gasteiger partial charge in [-0.3, -0.25) is 0 Å². The molecule has 3 aliphatic carbocycles. The van der Waals surface area contributed by atoms with Gasteiger partial charge < -0.3 is 0 Å². The van der Waals surface area contributed by atoms with Crippen LogP contribution in [0.3, 0.4) is 0 Å². The number of nitrogens with zero attached hydrogens (tertiary/aromatic N) is 2. The second kappa shape index (κ2) is 17.7. The summed E-state index contributed by atoms with van der Waals surface area (Å²) >= 11 is 0. The van der Waals surface area contributed by atoms with Crippen LogP contribution in [0.15, 0.2) is 253 Å². The molecule has 9 aromatic rings.